The van der Waals surface area contributed by atoms with E-state index in [0.717, 1.165) is 11.3 Å². The second kappa shape index (κ2) is 6.21. The molecule has 0 bridgehead atoms. The number of aryl methyl sites for hydroxylation is 2. The molecule has 2 aromatic rings. The molecule has 0 saturated heterocycles. The van der Waals surface area contributed by atoms with Gasteiger partial charge in [0.25, 0.3) is 0 Å². The average molecular weight is 291 g/mol. The third-order valence-corrected chi connectivity index (χ3v) is 3.30. The average Bonchev–Trinajstić information content (AvgIpc) is 3.03. The van der Waals surface area contributed by atoms with Crippen LogP contribution in [-0.4, -0.2) is 36.5 Å². The number of hydrogen-bond acceptors (Lipinski definition) is 4. The summed E-state index contributed by atoms with van der Waals surface area (Å²) in [5.74, 6) is -1.22. The number of carboxylic acids is 1. The predicted octanol–water partition coefficient (Wildman–Crippen LogP) is 0.330. The summed E-state index contributed by atoms with van der Waals surface area (Å²) >= 11 is 0. The van der Waals surface area contributed by atoms with Gasteiger partial charge in [0.15, 0.2) is 0 Å². The second-order valence-electron chi connectivity index (χ2n) is 4.65. The summed E-state index contributed by atoms with van der Waals surface area (Å²) in [6.45, 7) is 2.56. The summed E-state index contributed by atoms with van der Waals surface area (Å²) in [5, 5.41) is 19.7. The van der Waals surface area contributed by atoms with Crippen LogP contribution in [0.5, 0.6) is 0 Å². The summed E-state index contributed by atoms with van der Waals surface area (Å²) in [4.78, 5) is 22.7. The van der Waals surface area contributed by atoms with Crippen molar-refractivity contribution < 1.29 is 14.7 Å². The van der Waals surface area contributed by atoms with Crippen molar-refractivity contribution in [1.82, 2.24) is 24.9 Å². The molecular weight excluding hydrogens is 274 g/mol. The number of nitrogens with zero attached hydrogens (tertiary/aromatic N) is 4. The molecule has 0 radical (unpaired) electrons. The van der Waals surface area contributed by atoms with Gasteiger partial charge in [-0.15, -0.1) is 0 Å². The third kappa shape index (κ3) is 3.47. The summed E-state index contributed by atoms with van der Waals surface area (Å²) in [7, 11) is 1.84. The van der Waals surface area contributed by atoms with Gasteiger partial charge in [0.2, 0.25) is 5.91 Å². The molecule has 0 fully saturated rings. The molecule has 0 spiro atoms. The normalized spacial score (nSPS) is 10.6. The molecule has 112 valence electrons. The van der Waals surface area contributed by atoms with Crippen LogP contribution in [0.15, 0.2) is 18.5 Å². The number of carbonyl (C=O) groups excluding carboxylic acids is 1. The van der Waals surface area contributed by atoms with Gasteiger partial charge in [0.05, 0.1) is 12.7 Å². The Morgan fingerprint density at radius 2 is 2.14 bits per heavy atom. The zero-order valence-electron chi connectivity index (χ0n) is 11.9. The standard InChI is InChI=1S/C13H17N5O3/c1-9-10(8-16-17(9)2)7-14-12(19)4-6-18-11(13(20)21)3-5-15-18/h3,5,8H,4,6-7H2,1-2H3,(H,14,19)(H,20,21). The van der Waals surface area contributed by atoms with Crippen LogP contribution in [0.2, 0.25) is 0 Å². The first-order valence-corrected chi connectivity index (χ1v) is 6.48. The van der Waals surface area contributed by atoms with E-state index in [-0.39, 0.29) is 24.6 Å². The molecule has 8 heteroatoms. The van der Waals surface area contributed by atoms with Gasteiger partial charge in [-0.1, -0.05) is 0 Å². The molecule has 8 nitrogen and oxygen atoms in total. The molecule has 1 amide bonds. The number of nitrogens with one attached hydrogen (secondary N) is 1. The zero-order valence-corrected chi connectivity index (χ0v) is 11.9. The summed E-state index contributed by atoms with van der Waals surface area (Å²) in [5.41, 5.74) is 2.03. The lowest BCUT2D eigenvalue weighted by Gasteiger charge is -2.06. The van der Waals surface area contributed by atoms with Gasteiger partial charge in [-0.2, -0.15) is 10.2 Å². The fourth-order valence-corrected chi connectivity index (χ4v) is 1.90. The lowest BCUT2D eigenvalue weighted by molar-refractivity contribution is -0.121. The number of aromatic nitrogens is 4. The number of carboxylic acid groups (broad SMARTS) is 1. The largest absolute Gasteiger partial charge is 0.477 e. The number of aromatic carboxylic acids is 1. The highest BCUT2D eigenvalue weighted by atomic mass is 16.4. The predicted molar refractivity (Wildman–Crippen MR) is 73.6 cm³/mol. The molecule has 0 saturated carbocycles. The number of hydrogen-bond donors (Lipinski definition) is 2. The van der Waals surface area contributed by atoms with Crippen LogP contribution in [-0.2, 0) is 24.9 Å². The van der Waals surface area contributed by atoms with Crippen molar-refractivity contribution in [2.45, 2.75) is 26.4 Å². The van der Waals surface area contributed by atoms with Crippen molar-refractivity contribution in [2.75, 3.05) is 0 Å². The monoisotopic (exact) mass is 291 g/mol. The Morgan fingerprint density at radius 1 is 1.38 bits per heavy atom. The van der Waals surface area contributed by atoms with Crippen molar-refractivity contribution >= 4 is 11.9 Å². The van der Waals surface area contributed by atoms with Crippen LogP contribution in [0.3, 0.4) is 0 Å². The molecule has 0 aliphatic heterocycles. The first-order chi connectivity index (χ1) is 9.99. The SMILES string of the molecule is Cc1c(CNC(=O)CCn2nccc2C(=O)O)cnn1C. The van der Waals surface area contributed by atoms with Gasteiger partial charge < -0.3 is 10.4 Å². The fraction of sp³-hybridized carbons (Fsp3) is 0.385. The minimum atomic E-state index is -1.06. The van der Waals surface area contributed by atoms with E-state index < -0.39 is 5.97 Å². The Bertz CT molecular complexity index is 659. The van der Waals surface area contributed by atoms with Crippen molar-refractivity contribution in [1.29, 1.82) is 0 Å². The molecule has 0 unspecified atom stereocenters. The Balaban J connectivity index is 1.84. The van der Waals surface area contributed by atoms with E-state index in [4.69, 9.17) is 5.11 Å². The van der Waals surface area contributed by atoms with E-state index in [2.05, 4.69) is 15.5 Å². The maximum atomic E-state index is 11.8. The highest BCUT2D eigenvalue weighted by Crippen LogP contribution is 2.05. The van der Waals surface area contributed by atoms with E-state index in [9.17, 15) is 9.59 Å². The smallest absolute Gasteiger partial charge is 0.354 e. The lowest BCUT2D eigenvalue weighted by atomic mass is 10.2. The highest BCUT2D eigenvalue weighted by Gasteiger charge is 2.11. The quantitative estimate of drug-likeness (QED) is 0.798. The lowest BCUT2D eigenvalue weighted by Crippen LogP contribution is -2.25. The number of carbonyl (C=O) groups is 2. The van der Waals surface area contributed by atoms with Gasteiger partial charge in [-0.05, 0) is 13.0 Å². The van der Waals surface area contributed by atoms with Crippen molar-refractivity contribution in [2.24, 2.45) is 7.05 Å². The third-order valence-electron chi connectivity index (χ3n) is 3.30. The molecule has 0 atom stereocenters. The summed E-state index contributed by atoms with van der Waals surface area (Å²) < 4.78 is 3.04. The van der Waals surface area contributed by atoms with Gasteiger partial charge in [0, 0.05) is 37.5 Å². The molecule has 0 aliphatic carbocycles. The Morgan fingerprint density at radius 3 is 2.76 bits per heavy atom. The molecule has 2 heterocycles. The first kappa shape index (κ1) is 14.8. The van der Waals surface area contributed by atoms with Crippen LogP contribution >= 0.6 is 0 Å². The molecule has 21 heavy (non-hydrogen) atoms. The molecule has 2 N–H and O–H groups in total. The van der Waals surface area contributed by atoms with E-state index in [0.29, 0.717) is 6.54 Å². The van der Waals surface area contributed by atoms with E-state index >= 15 is 0 Å². The van der Waals surface area contributed by atoms with Gasteiger partial charge in [0.1, 0.15) is 5.69 Å². The first-order valence-electron chi connectivity index (χ1n) is 6.48. The minimum Gasteiger partial charge on any atom is -0.477 e. The van der Waals surface area contributed by atoms with Crippen molar-refractivity contribution in [3.8, 4) is 0 Å². The van der Waals surface area contributed by atoms with E-state index in [1.54, 1.807) is 10.9 Å². The number of rotatable bonds is 6. The second-order valence-corrected chi connectivity index (χ2v) is 4.65. The molecule has 2 rings (SSSR count). The van der Waals surface area contributed by atoms with Crippen LogP contribution in [0.4, 0.5) is 0 Å². The summed E-state index contributed by atoms with van der Waals surface area (Å²) in [6, 6.07) is 1.40. The number of amides is 1. The maximum absolute atomic E-state index is 11.8. The molecule has 0 aromatic carbocycles. The van der Waals surface area contributed by atoms with Crippen molar-refractivity contribution in [3.05, 3.63) is 35.4 Å². The van der Waals surface area contributed by atoms with Gasteiger partial charge in [-0.25, -0.2) is 4.79 Å². The Hall–Kier alpha value is -2.64. The Kier molecular flexibility index (Phi) is 4.36. The minimum absolute atomic E-state index is 0.0749. The molecule has 0 aliphatic rings. The van der Waals surface area contributed by atoms with Gasteiger partial charge in [-0.3, -0.25) is 14.2 Å². The molecular formula is C13H17N5O3. The van der Waals surface area contributed by atoms with Crippen LogP contribution in [0.25, 0.3) is 0 Å². The topological polar surface area (TPSA) is 102 Å². The van der Waals surface area contributed by atoms with Gasteiger partial charge >= 0.3 is 5.97 Å². The highest BCUT2D eigenvalue weighted by molar-refractivity contribution is 5.85. The van der Waals surface area contributed by atoms with E-state index in [1.165, 1.54) is 16.9 Å². The maximum Gasteiger partial charge on any atom is 0.354 e. The fourth-order valence-electron chi connectivity index (χ4n) is 1.90. The Labute approximate surface area is 121 Å². The zero-order chi connectivity index (χ0) is 15.4. The van der Waals surface area contributed by atoms with Crippen LogP contribution in [0, 0.1) is 6.92 Å². The van der Waals surface area contributed by atoms with E-state index in [1.807, 2.05) is 14.0 Å². The van der Waals surface area contributed by atoms with Crippen LogP contribution < -0.4 is 5.32 Å². The van der Waals surface area contributed by atoms with Crippen molar-refractivity contribution in [3.63, 3.8) is 0 Å². The molecule has 2 aromatic heterocycles. The van der Waals surface area contributed by atoms with Crippen LogP contribution in [0.1, 0.15) is 28.2 Å². The summed E-state index contributed by atoms with van der Waals surface area (Å²) in [6.07, 6.45) is 3.28.